The quantitative estimate of drug-likeness (QED) is 0.683. The maximum absolute atomic E-state index is 13.1. The minimum atomic E-state index is -3.86. The van der Waals surface area contributed by atoms with Gasteiger partial charge in [0.05, 0.1) is 21.8 Å². The maximum atomic E-state index is 13.1. The van der Waals surface area contributed by atoms with Crippen molar-refractivity contribution in [3.05, 3.63) is 53.6 Å². The molecule has 1 aliphatic carbocycles. The average molecular weight is 458 g/mol. The van der Waals surface area contributed by atoms with Gasteiger partial charge in [-0.3, -0.25) is 9.62 Å². The molecule has 0 spiro atoms. The summed E-state index contributed by atoms with van der Waals surface area (Å²) >= 11 is 0. The van der Waals surface area contributed by atoms with E-state index in [1.165, 1.54) is 44.2 Å². The summed E-state index contributed by atoms with van der Waals surface area (Å²) in [6.07, 6.45) is 6.44. The molecule has 1 heterocycles. The highest BCUT2D eigenvalue weighted by Crippen LogP contribution is 2.32. The lowest BCUT2D eigenvalue weighted by Gasteiger charge is -2.42. The fourth-order valence-corrected chi connectivity index (χ4v) is 6.17. The lowest BCUT2D eigenvalue weighted by atomic mass is 9.94. The van der Waals surface area contributed by atoms with Gasteiger partial charge in [-0.15, -0.1) is 0 Å². The van der Waals surface area contributed by atoms with Gasteiger partial charge in [-0.25, -0.2) is 13.2 Å². The number of anilines is 2. The van der Waals surface area contributed by atoms with Crippen LogP contribution in [0.3, 0.4) is 0 Å². The number of nitrogens with zero attached hydrogens (tertiary/aromatic N) is 2. The van der Waals surface area contributed by atoms with Crippen molar-refractivity contribution in [1.29, 1.82) is 0 Å². The van der Waals surface area contributed by atoms with Gasteiger partial charge in [0, 0.05) is 32.2 Å². The minimum Gasteiger partial charge on any atom is -0.478 e. The lowest BCUT2D eigenvalue weighted by molar-refractivity contribution is 0.0697. The Balaban J connectivity index is 1.58. The van der Waals surface area contributed by atoms with Crippen molar-refractivity contribution in [1.82, 2.24) is 4.90 Å². The van der Waals surface area contributed by atoms with Crippen LogP contribution in [0, 0.1) is 6.92 Å². The number of hydrogen-bond acceptors (Lipinski definition) is 5. The molecule has 32 heavy (non-hydrogen) atoms. The predicted molar refractivity (Wildman–Crippen MR) is 126 cm³/mol. The van der Waals surface area contributed by atoms with Crippen LogP contribution < -0.4 is 9.62 Å². The van der Waals surface area contributed by atoms with E-state index in [0.29, 0.717) is 17.3 Å². The van der Waals surface area contributed by atoms with Gasteiger partial charge in [-0.1, -0.05) is 37.5 Å². The summed E-state index contributed by atoms with van der Waals surface area (Å²) in [4.78, 5) is 16.4. The van der Waals surface area contributed by atoms with Crippen molar-refractivity contribution in [2.45, 2.75) is 50.0 Å². The molecule has 1 saturated heterocycles. The van der Waals surface area contributed by atoms with Crippen molar-refractivity contribution in [3.63, 3.8) is 0 Å². The fourth-order valence-electron chi connectivity index (χ4n) is 4.86. The topological polar surface area (TPSA) is 89.9 Å². The lowest BCUT2D eigenvalue weighted by Crippen LogP contribution is -2.51. The average Bonchev–Trinajstić information content (AvgIpc) is 2.79. The molecule has 1 saturated carbocycles. The molecule has 0 atom stereocenters. The smallest absolute Gasteiger partial charge is 0.335 e. The number of rotatable bonds is 6. The third-order valence-corrected chi connectivity index (χ3v) is 8.14. The van der Waals surface area contributed by atoms with Gasteiger partial charge in [0.15, 0.2) is 0 Å². The monoisotopic (exact) mass is 457 g/mol. The van der Waals surface area contributed by atoms with E-state index < -0.39 is 16.0 Å². The van der Waals surface area contributed by atoms with Crippen LogP contribution in [0.5, 0.6) is 0 Å². The molecule has 2 aromatic rings. The largest absolute Gasteiger partial charge is 0.478 e. The Morgan fingerprint density at radius 2 is 1.69 bits per heavy atom. The van der Waals surface area contributed by atoms with E-state index in [4.69, 9.17) is 0 Å². The molecule has 0 radical (unpaired) electrons. The Morgan fingerprint density at radius 1 is 1.00 bits per heavy atom. The van der Waals surface area contributed by atoms with Gasteiger partial charge >= 0.3 is 5.97 Å². The Labute approximate surface area is 190 Å². The first-order valence-electron chi connectivity index (χ1n) is 11.3. The van der Waals surface area contributed by atoms with E-state index in [-0.39, 0.29) is 10.5 Å². The molecule has 0 unspecified atom stereocenters. The third kappa shape index (κ3) is 4.91. The summed E-state index contributed by atoms with van der Waals surface area (Å²) in [6, 6.07) is 12.1. The highest BCUT2D eigenvalue weighted by Gasteiger charge is 2.27. The predicted octanol–water partition coefficient (Wildman–Crippen LogP) is 3.95. The normalized spacial score (nSPS) is 18.5. The molecule has 7 nitrogen and oxygen atoms in total. The van der Waals surface area contributed by atoms with Crippen molar-refractivity contribution in [2.75, 3.05) is 35.8 Å². The Morgan fingerprint density at radius 3 is 2.34 bits per heavy atom. The van der Waals surface area contributed by atoms with E-state index in [9.17, 15) is 18.3 Å². The summed E-state index contributed by atoms with van der Waals surface area (Å²) in [5, 5.41) is 9.45. The molecule has 2 aromatic carbocycles. The van der Waals surface area contributed by atoms with E-state index in [2.05, 4.69) is 14.5 Å². The standard InChI is InChI=1S/C24H31N3O4S/c1-18-7-5-6-10-23(18)32(30,31)25-21-17-19(24(28)29)11-12-22(21)27-15-13-26(14-16-27)20-8-3-2-4-9-20/h5-7,10-12,17,20,25H,2-4,8-9,13-16H2,1H3,(H,28,29). The van der Waals surface area contributed by atoms with Gasteiger partial charge in [-0.2, -0.15) is 0 Å². The molecule has 4 rings (SSSR count). The molecule has 2 aliphatic rings. The van der Waals surface area contributed by atoms with E-state index in [0.717, 1.165) is 31.9 Å². The van der Waals surface area contributed by atoms with Crippen LogP contribution >= 0.6 is 0 Å². The van der Waals surface area contributed by atoms with Crippen molar-refractivity contribution >= 4 is 27.4 Å². The highest BCUT2D eigenvalue weighted by molar-refractivity contribution is 7.92. The summed E-state index contributed by atoms with van der Waals surface area (Å²) in [7, 11) is -3.86. The number of sulfonamides is 1. The molecular weight excluding hydrogens is 426 g/mol. The van der Waals surface area contributed by atoms with E-state index in [1.54, 1.807) is 37.3 Å². The second-order valence-electron chi connectivity index (χ2n) is 8.72. The second-order valence-corrected chi connectivity index (χ2v) is 10.4. The molecule has 172 valence electrons. The molecule has 2 N–H and O–H groups in total. The number of aromatic carboxylic acids is 1. The van der Waals surface area contributed by atoms with E-state index >= 15 is 0 Å². The van der Waals surface area contributed by atoms with Crippen LogP contribution in [0.15, 0.2) is 47.4 Å². The number of nitrogens with one attached hydrogen (secondary N) is 1. The molecule has 1 aliphatic heterocycles. The minimum absolute atomic E-state index is 0.0528. The zero-order valence-corrected chi connectivity index (χ0v) is 19.3. The first-order chi connectivity index (χ1) is 15.3. The molecule has 8 heteroatoms. The SMILES string of the molecule is Cc1ccccc1S(=O)(=O)Nc1cc(C(=O)O)ccc1N1CCN(C2CCCCC2)CC1. The Kier molecular flexibility index (Phi) is 6.71. The van der Waals surface area contributed by atoms with Crippen molar-refractivity contribution in [2.24, 2.45) is 0 Å². The number of piperazine rings is 1. The molecule has 0 aromatic heterocycles. The summed E-state index contributed by atoms with van der Waals surface area (Å²) in [6.45, 7) is 5.16. The number of hydrogen-bond donors (Lipinski definition) is 2. The first-order valence-corrected chi connectivity index (χ1v) is 12.8. The zero-order valence-electron chi connectivity index (χ0n) is 18.5. The van der Waals surface area contributed by atoms with E-state index in [1.807, 2.05) is 0 Å². The Hall–Kier alpha value is -2.58. The molecule has 2 fully saturated rings. The van der Waals surface area contributed by atoms with Crippen LogP contribution in [-0.4, -0.2) is 56.6 Å². The van der Waals surface area contributed by atoms with Crippen molar-refractivity contribution < 1.29 is 18.3 Å². The highest BCUT2D eigenvalue weighted by atomic mass is 32.2. The number of aryl methyl sites for hydroxylation is 1. The van der Waals surface area contributed by atoms with Crippen LogP contribution in [0.1, 0.15) is 48.0 Å². The number of carboxylic acids is 1. The number of benzene rings is 2. The Bertz CT molecular complexity index is 1070. The van der Waals surface area contributed by atoms with Gasteiger partial charge < -0.3 is 10.0 Å². The van der Waals surface area contributed by atoms with Crippen LogP contribution in [0.4, 0.5) is 11.4 Å². The van der Waals surface area contributed by atoms with Crippen LogP contribution in [0.25, 0.3) is 0 Å². The third-order valence-electron chi connectivity index (χ3n) is 6.62. The van der Waals surface area contributed by atoms with Gasteiger partial charge in [0.1, 0.15) is 0 Å². The molecule has 0 amide bonds. The molecule has 0 bridgehead atoms. The number of carbonyl (C=O) groups is 1. The summed E-state index contributed by atoms with van der Waals surface area (Å²) in [5.41, 5.74) is 1.71. The van der Waals surface area contributed by atoms with Crippen LogP contribution in [0.2, 0.25) is 0 Å². The maximum Gasteiger partial charge on any atom is 0.335 e. The fraction of sp³-hybridized carbons (Fsp3) is 0.458. The first kappa shape index (κ1) is 22.6. The van der Waals surface area contributed by atoms with Gasteiger partial charge in [0.2, 0.25) is 0 Å². The zero-order chi connectivity index (χ0) is 22.7. The molecular formula is C24H31N3O4S. The summed E-state index contributed by atoms with van der Waals surface area (Å²) in [5.74, 6) is -1.09. The van der Waals surface area contributed by atoms with Crippen LogP contribution in [-0.2, 0) is 10.0 Å². The van der Waals surface area contributed by atoms with Gasteiger partial charge in [0.25, 0.3) is 10.0 Å². The van der Waals surface area contributed by atoms with Crippen molar-refractivity contribution in [3.8, 4) is 0 Å². The summed E-state index contributed by atoms with van der Waals surface area (Å²) < 4.78 is 28.9. The second kappa shape index (κ2) is 9.50. The van der Waals surface area contributed by atoms with Gasteiger partial charge in [-0.05, 0) is 49.6 Å². The number of carboxylic acid groups (broad SMARTS) is 1.